The van der Waals surface area contributed by atoms with Crippen molar-refractivity contribution in [2.75, 3.05) is 13.2 Å². The number of hydrogen-bond donors (Lipinski definition) is 0. The predicted molar refractivity (Wildman–Crippen MR) is 104 cm³/mol. The lowest BCUT2D eigenvalue weighted by atomic mass is 10.2. The smallest absolute Gasteiger partial charge is 0.326 e. The molecule has 0 unspecified atom stereocenters. The molecule has 1 saturated heterocycles. The van der Waals surface area contributed by atoms with Gasteiger partial charge in [-0.15, -0.1) is 0 Å². The molecule has 8 heteroatoms. The van der Waals surface area contributed by atoms with E-state index in [-0.39, 0.29) is 11.0 Å². The van der Waals surface area contributed by atoms with Crippen LogP contribution in [-0.2, 0) is 14.3 Å². The average Bonchev–Trinajstić information content (AvgIpc) is 2.81. The molecule has 1 aromatic carbocycles. The molecule has 140 valence electrons. The number of rotatable bonds is 7. The number of halogens is 1. The van der Waals surface area contributed by atoms with Crippen molar-refractivity contribution in [1.82, 2.24) is 4.90 Å². The molecule has 2 rings (SSSR count). The number of nitrogens with zero attached hydrogens (tertiary/aromatic N) is 1. The third-order valence-electron chi connectivity index (χ3n) is 3.25. The van der Waals surface area contributed by atoms with E-state index < -0.39 is 23.7 Å². The molecule has 0 aromatic heterocycles. The molecule has 2 amide bonds. The van der Waals surface area contributed by atoms with Crippen LogP contribution >= 0.6 is 27.7 Å². The van der Waals surface area contributed by atoms with E-state index in [1.807, 2.05) is 19.1 Å². The number of amides is 2. The van der Waals surface area contributed by atoms with E-state index in [1.165, 1.54) is 0 Å². The standard InChI is InChI=1S/C18H20BrNO5S/c1-4-7-24-14-6-5-13(19)8-12(14)9-15-17(22)20(18(23)26-15)10-16(21)25-11(2)3/h5-6,8-9,11H,4,7,10H2,1-3H3/b15-9-. The molecule has 0 aliphatic carbocycles. The molecule has 1 aliphatic heterocycles. The van der Waals surface area contributed by atoms with Gasteiger partial charge in [0.15, 0.2) is 0 Å². The Labute approximate surface area is 165 Å². The van der Waals surface area contributed by atoms with Crippen molar-refractivity contribution in [1.29, 1.82) is 0 Å². The van der Waals surface area contributed by atoms with E-state index in [2.05, 4.69) is 15.9 Å². The zero-order valence-corrected chi connectivity index (χ0v) is 17.2. The first-order valence-corrected chi connectivity index (χ1v) is 9.80. The van der Waals surface area contributed by atoms with Crippen LogP contribution in [0.2, 0.25) is 0 Å². The summed E-state index contributed by atoms with van der Waals surface area (Å²) in [7, 11) is 0. The van der Waals surface area contributed by atoms with Gasteiger partial charge in [0, 0.05) is 10.0 Å². The van der Waals surface area contributed by atoms with Gasteiger partial charge in [0.1, 0.15) is 12.3 Å². The van der Waals surface area contributed by atoms with Gasteiger partial charge in [-0.1, -0.05) is 22.9 Å². The van der Waals surface area contributed by atoms with Crippen molar-refractivity contribution in [2.45, 2.75) is 33.3 Å². The maximum Gasteiger partial charge on any atom is 0.326 e. The largest absolute Gasteiger partial charge is 0.493 e. The molecule has 1 aromatic rings. The number of imide groups is 1. The molecular formula is C18H20BrNO5S. The number of ether oxygens (including phenoxy) is 2. The molecule has 0 atom stereocenters. The second-order valence-corrected chi connectivity index (χ2v) is 7.75. The van der Waals surface area contributed by atoms with Crippen molar-refractivity contribution in [3.8, 4) is 5.75 Å². The summed E-state index contributed by atoms with van der Waals surface area (Å²) in [5.41, 5.74) is 0.683. The molecule has 26 heavy (non-hydrogen) atoms. The SMILES string of the molecule is CCCOc1ccc(Br)cc1/C=C1\SC(=O)N(CC(=O)OC(C)C)C1=O. The number of esters is 1. The highest BCUT2D eigenvalue weighted by molar-refractivity contribution is 9.10. The van der Waals surface area contributed by atoms with Crippen LogP contribution in [0.25, 0.3) is 6.08 Å². The van der Waals surface area contributed by atoms with Crippen LogP contribution in [-0.4, -0.2) is 41.3 Å². The molecule has 1 heterocycles. The molecular weight excluding hydrogens is 422 g/mol. The lowest BCUT2D eigenvalue weighted by Gasteiger charge is -2.13. The minimum atomic E-state index is -0.613. The van der Waals surface area contributed by atoms with Gasteiger partial charge in [0.25, 0.3) is 11.1 Å². The van der Waals surface area contributed by atoms with Gasteiger partial charge in [-0.2, -0.15) is 0 Å². The summed E-state index contributed by atoms with van der Waals surface area (Å²) >= 11 is 4.19. The molecule has 0 radical (unpaired) electrons. The zero-order chi connectivity index (χ0) is 19.3. The minimum Gasteiger partial charge on any atom is -0.493 e. The maximum absolute atomic E-state index is 12.5. The molecule has 0 bridgehead atoms. The van der Waals surface area contributed by atoms with E-state index in [0.29, 0.717) is 17.9 Å². The van der Waals surface area contributed by atoms with Crippen molar-refractivity contribution in [2.24, 2.45) is 0 Å². The molecule has 0 saturated carbocycles. The fraction of sp³-hybridized carbons (Fsp3) is 0.389. The second-order valence-electron chi connectivity index (χ2n) is 5.84. The summed E-state index contributed by atoms with van der Waals surface area (Å²) < 4.78 is 11.5. The van der Waals surface area contributed by atoms with E-state index in [1.54, 1.807) is 26.0 Å². The average molecular weight is 442 g/mol. The van der Waals surface area contributed by atoms with E-state index in [0.717, 1.165) is 27.6 Å². The molecule has 1 fully saturated rings. The summed E-state index contributed by atoms with van der Waals surface area (Å²) in [6.45, 7) is 5.57. The third-order valence-corrected chi connectivity index (χ3v) is 4.65. The van der Waals surface area contributed by atoms with Gasteiger partial charge < -0.3 is 9.47 Å². The number of carbonyl (C=O) groups is 3. The number of thioether (sulfide) groups is 1. The van der Waals surface area contributed by atoms with Crippen molar-refractivity contribution in [3.63, 3.8) is 0 Å². The Kier molecular flexibility index (Phi) is 7.28. The minimum absolute atomic E-state index is 0.242. The van der Waals surface area contributed by atoms with E-state index in [4.69, 9.17) is 9.47 Å². The maximum atomic E-state index is 12.5. The lowest BCUT2D eigenvalue weighted by Crippen LogP contribution is -2.35. The number of benzene rings is 1. The van der Waals surface area contributed by atoms with Crippen LogP contribution < -0.4 is 4.74 Å². The van der Waals surface area contributed by atoms with Crippen LogP contribution in [0, 0.1) is 0 Å². The highest BCUT2D eigenvalue weighted by atomic mass is 79.9. The second kappa shape index (κ2) is 9.23. The molecule has 0 N–H and O–H groups in total. The van der Waals surface area contributed by atoms with Crippen LogP contribution in [0.4, 0.5) is 4.79 Å². The van der Waals surface area contributed by atoms with Gasteiger partial charge in [-0.05, 0) is 56.3 Å². The fourth-order valence-corrected chi connectivity index (χ4v) is 3.39. The van der Waals surface area contributed by atoms with Crippen LogP contribution in [0.3, 0.4) is 0 Å². The predicted octanol–water partition coefficient (Wildman–Crippen LogP) is 4.23. The van der Waals surface area contributed by atoms with E-state index in [9.17, 15) is 14.4 Å². The summed E-state index contributed by atoms with van der Waals surface area (Å²) in [6.07, 6.45) is 2.15. The van der Waals surface area contributed by atoms with Crippen LogP contribution in [0.15, 0.2) is 27.6 Å². The normalized spacial score (nSPS) is 15.9. The molecule has 0 spiro atoms. The number of carbonyl (C=O) groups excluding carboxylic acids is 3. The van der Waals surface area contributed by atoms with Gasteiger partial charge >= 0.3 is 5.97 Å². The van der Waals surface area contributed by atoms with E-state index >= 15 is 0 Å². The highest BCUT2D eigenvalue weighted by Gasteiger charge is 2.37. The number of hydrogen-bond acceptors (Lipinski definition) is 6. The Morgan fingerprint density at radius 2 is 2.08 bits per heavy atom. The first-order chi connectivity index (χ1) is 12.3. The Bertz CT molecular complexity index is 747. The first-order valence-electron chi connectivity index (χ1n) is 8.19. The van der Waals surface area contributed by atoms with Gasteiger partial charge in [0.2, 0.25) is 0 Å². The first kappa shape index (κ1) is 20.5. The summed E-state index contributed by atoms with van der Waals surface area (Å²) in [4.78, 5) is 37.5. The fourth-order valence-electron chi connectivity index (χ4n) is 2.18. The summed E-state index contributed by atoms with van der Waals surface area (Å²) in [6, 6.07) is 5.46. The third kappa shape index (κ3) is 5.35. The van der Waals surface area contributed by atoms with Crippen LogP contribution in [0.5, 0.6) is 5.75 Å². The molecule has 6 nitrogen and oxygen atoms in total. The zero-order valence-electron chi connectivity index (χ0n) is 14.8. The van der Waals surface area contributed by atoms with Gasteiger partial charge in [-0.25, -0.2) is 0 Å². The van der Waals surface area contributed by atoms with Gasteiger partial charge in [-0.3, -0.25) is 19.3 Å². The lowest BCUT2D eigenvalue weighted by molar-refractivity contribution is -0.149. The monoisotopic (exact) mass is 441 g/mol. The van der Waals surface area contributed by atoms with Crippen molar-refractivity contribution >= 4 is 50.9 Å². The summed E-state index contributed by atoms with van der Waals surface area (Å²) in [5, 5.41) is -0.493. The Hall–Kier alpha value is -1.80. The van der Waals surface area contributed by atoms with Crippen molar-refractivity contribution < 1.29 is 23.9 Å². The molecule has 1 aliphatic rings. The van der Waals surface area contributed by atoms with Crippen molar-refractivity contribution in [3.05, 3.63) is 33.1 Å². The summed E-state index contributed by atoms with van der Waals surface area (Å²) in [5.74, 6) is -0.499. The Morgan fingerprint density at radius 3 is 2.73 bits per heavy atom. The Morgan fingerprint density at radius 1 is 1.35 bits per heavy atom. The topological polar surface area (TPSA) is 72.9 Å². The van der Waals surface area contributed by atoms with Gasteiger partial charge in [0.05, 0.1) is 17.6 Å². The Balaban J connectivity index is 2.22. The van der Waals surface area contributed by atoms with Crippen LogP contribution in [0.1, 0.15) is 32.8 Å². The quantitative estimate of drug-likeness (QED) is 0.465. The highest BCUT2D eigenvalue weighted by Crippen LogP contribution is 2.34.